The fraction of sp³-hybridized carbons (Fsp3) is 1.00. The summed E-state index contributed by atoms with van der Waals surface area (Å²) >= 11 is 0. The zero-order valence-electron chi connectivity index (χ0n) is 12.2. The van der Waals surface area contributed by atoms with Crippen molar-refractivity contribution in [1.82, 2.24) is 10.2 Å². The Morgan fingerprint density at radius 3 is 2.71 bits per heavy atom. The molecule has 0 aliphatic carbocycles. The smallest absolute Gasteiger partial charge is 0.0223 e. The SMILES string of the molecule is CCCCCCCC(C)N1CCCC1CNC. The van der Waals surface area contributed by atoms with Crippen LogP contribution >= 0.6 is 0 Å². The Hall–Kier alpha value is -0.0800. The number of rotatable bonds is 9. The van der Waals surface area contributed by atoms with Gasteiger partial charge in [-0.3, -0.25) is 4.90 Å². The van der Waals surface area contributed by atoms with Crippen LogP contribution < -0.4 is 5.32 Å². The molecule has 1 fully saturated rings. The zero-order valence-corrected chi connectivity index (χ0v) is 12.2. The van der Waals surface area contributed by atoms with E-state index in [4.69, 9.17) is 0 Å². The molecule has 0 bridgehead atoms. The first-order valence-electron chi connectivity index (χ1n) is 7.70. The maximum absolute atomic E-state index is 3.34. The topological polar surface area (TPSA) is 15.3 Å². The number of hydrogen-bond acceptors (Lipinski definition) is 2. The standard InChI is InChI=1S/C15H32N2/c1-4-5-6-7-8-10-14(2)17-12-9-11-15(17)13-16-3/h14-16H,4-13H2,1-3H3. The van der Waals surface area contributed by atoms with Crippen LogP contribution in [0.3, 0.4) is 0 Å². The van der Waals surface area contributed by atoms with Crippen LogP contribution in [-0.2, 0) is 0 Å². The molecule has 2 atom stereocenters. The van der Waals surface area contributed by atoms with Gasteiger partial charge in [-0.2, -0.15) is 0 Å². The molecule has 1 N–H and O–H groups in total. The molecule has 102 valence electrons. The lowest BCUT2D eigenvalue weighted by molar-refractivity contribution is 0.178. The van der Waals surface area contributed by atoms with Gasteiger partial charge in [0.2, 0.25) is 0 Å². The summed E-state index contributed by atoms with van der Waals surface area (Å²) in [5.74, 6) is 0. The molecule has 2 heteroatoms. The first-order chi connectivity index (χ1) is 8.29. The maximum Gasteiger partial charge on any atom is 0.0223 e. The molecule has 1 aliphatic heterocycles. The summed E-state index contributed by atoms with van der Waals surface area (Å²) in [6.45, 7) is 7.20. The number of unbranched alkanes of at least 4 members (excludes halogenated alkanes) is 4. The fourth-order valence-electron chi connectivity index (χ4n) is 3.10. The van der Waals surface area contributed by atoms with Crippen LogP contribution in [0.2, 0.25) is 0 Å². The van der Waals surface area contributed by atoms with Crippen molar-refractivity contribution >= 4 is 0 Å². The van der Waals surface area contributed by atoms with E-state index in [1.807, 2.05) is 0 Å². The second-order valence-electron chi connectivity index (χ2n) is 5.64. The number of hydrogen-bond donors (Lipinski definition) is 1. The average Bonchev–Trinajstić information content (AvgIpc) is 2.77. The highest BCUT2D eigenvalue weighted by atomic mass is 15.2. The van der Waals surface area contributed by atoms with Gasteiger partial charge in [0.05, 0.1) is 0 Å². The summed E-state index contributed by atoms with van der Waals surface area (Å²) in [6.07, 6.45) is 11.2. The van der Waals surface area contributed by atoms with Gasteiger partial charge in [-0.15, -0.1) is 0 Å². The summed E-state index contributed by atoms with van der Waals surface area (Å²) < 4.78 is 0. The van der Waals surface area contributed by atoms with Crippen LogP contribution in [-0.4, -0.2) is 37.1 Å². The largest absolute Gasteiger partial charge is 0.318 e. The molecule has 0 saturated carbocycles. The Kier molecular flexibility index (Phi) is 7.87. The molecule has 1 aliphatic rings. The van der Waals surface area contributed by atoms with Crippen molar-refractivity contribution < 1.29 is 0 Å². The lowest BCUT2D eigenvalue weighted by atomic mass is 10.1. The van der Waals surface area contributed by atoms with Crippen LogP contribution in [0.25, 0.3) is 0 Å². The third kappa shape index (κ3) is 5.39. The highest BCUT2D eigenvalue weighted by molar-refractivity contribution is 4.84. The predicted molar refractivity (Wildman–Crippen MR) is 76.5 cm³/mol. The summed E-state index contributed by atoms with van der Waals surface area (Å²) in [4.78, 5) is 2.73. The number of nitrogens with one attached hydrogen (secondary N) is 1. The molecule has 2 nitrogen and oxygen atoms in total. The lowest BCUT2D eigenvalue weighted by Gasteiger charge is -2.30. The Labute approximate surface area is 108 Å². The highest BCUT2D eigenvalue weighted by Gasteiger charge is 2.27. The quantitative estimate of drug-likeness (QED) is 0.621. The third-order valence-corrected chi connectivity index (χ3v) is 4.15. The molecule has 2 unspecified atom stereocenters. The van der Waals surface area contributed by atoms with E-state index >= 15 is 0 Å². The van der Waals surface area contributed by atoms with Crippen molar-refractivity contribution in [1.29, 1.82) is 0 Å². The van der Waals surface area contributed by atoms with Gasteiger partial charge < -0.3 is 5.32 Å². The minimum atomic E-state index is 0.789. The summed E-state index contributed by atoms with van der Waals surface area (Å²) in [7, 11) is 2.08. The molecule has 1 heterocycles. The summed E-state index contributed by atoms with van der Waals surface area (Å²) in [6, 6.07) is 1.59. The Balaban J connectivity index is 2.15. The normalized spacial score (nSPS) is 23.1. The summed E-state index contributed by atoms with van der Waals surface area (Å²) in [5.41, 5.74) is 0. The highest BCUT2D eigenvalue weighted by Crippen LogP contribution is 2.22. The van der Waals surface area contributed by atoms with Gasteiger partial charge in [0.15, 0.2) is 0 Å². The van der Waals surface area contributed by atoms with E-state index in [-0.39, 0.29) is 0 Å². The number of likely N-dealkylation sites (N-methyl/N-ethyl adjacent to an activating group) is 1. The minimum absolute atomic E-state index is 0.789. The Morgan fingerprint density at radius 2 is 2.00 bits per heavy atom. The molecular weight excluding hydrogens is 208 g/mol. The van der Waals surface area contributed by atoms with Crippen molar-refractivity contribution in [2.75, 3.05) is 20.1 Å². The number of nitrogens with zero attached hydrogens (tertiary/aromatic N) is 1. The Morgan fingerprint density at radius 1 is 1.24 bits per heavy atom. The second-order valence-corrected chi connectivity index (χ2v) is 5.64. The van der Waals surface area contributed by atoms with Crippen molar-refractivity contribution in [3.05, 3.63) is 0 Å². The number of likely N-dealkylation sites (tertiary alicyclic amines) is 1. The van der Waals surface area contributed by atoms with Gasteiger partial charge in [0, 0.05) is 18.6 Å². The van der Waals surface area contributed by atoms with Crippen LogP contribution in [0.5, 0.6) is 0 Å². The second kappa shape index (κ2) is 8.93. The molecule has 0 spiro atoms. The van der Waals surface area contributed by atoms with E-state index in [0.717, 1.165) is 12.1 Å². The molecule has 0 radical (unpaired) electrons. The fourth-order valence-corrected chi connectivity index (χ4v) is 3.10. The molecule has 0 aromatic heterocycles. The van der Waals surface area contributed by atoms with Crippen LogP contribution in [0.15, 0.2) is 0 Å². The molecule has 0 amide bonds. The van der Waals surface area contributed by atoms with E-state index in [2.05, 4.69) is 31.1 Å². The van der Waals surface area contributed by atoms with Crippen LogP contribution in [0, 0.1) is 0 Å². The Bertz CT molecular complexity index is 182. The molecule has 0 aromatic carbocycles. The minimum Gasteiger partial charge on any atom is -0.318 e. The van der Waals surface area contributed by atoms with Gasteiger partial charge in [-0.05, 0) is 39.8 Å². The van der Waals surface area contributed by atoms with E-state index < -0.39 is 0 Å². The molecule has 1 saturated heterocycles. The third-order valence-electron chi connectivity index (χ3n) is 4.15. The van der Waals surface area contributed by atoms with E-state index in [9.17, 15) is 0 Å². The van der Waals surface area contributed by atoms with Crippen molar-refractivity contribution in [3.63, 3.8) is 0 Å². The maximum atomic E-state index is 3.34. The molecular formula is C15H32N2. The van der Waals surface area contributed by atoms with E-state index in [1.165, 1.54) is 64.5 Å². The van der Waals surface area contributed by atoms with Crippen LogP contribution in [0.4, 0.5) is 0 Å². The first kappa shape index (κ1) is 15.0. The van der Waals surface area contributed by atoms with Gasteiger partial charge in [-0.25, -0.2) is 0 Å². The van der Waals surface area contributed by atoms with Gasteiger partial charge in [0.25, 0.3) is 0 Å². The first-order valence-corrected chi connectivity index (χ1v) is 7.70. The average molecular weight is 240 g/mol. The summed E-state index contributed by atoms with van der Waals surface area (Å²) in [5, 5.41) is 3.34. The van der Waals surface area contributed by atoms with Crippen molar-refractivity contribution in [2.45, 2.75) is 77.3 Å². The lowest BCUT2D eigenvalue weighted by Crippen LogP contribution is -2.42. The van der Waals surface area contributed by atoms with Gasteiger partial charge in [-0.1, -0.05) is 39.0 Å². The molecule has 17 heavy (non-hydrogen) atoms. The van der Waals surface area contributed by atoms with E-state index in [0.29, 0.717) is 0 Å². The predicted octanol–water partition coefficient (Wildman–Crippen LogP) is 3.42. The molecule has 1 rings (SSSR count). The zero-order chi connectivity index (χ0) is 12.5. The van der Waals surface area contributed by atoms with Crippen molar-refractivity contribution in [3.8, 4) is 0 Å². The van der Waals surface area contributed by atoms with E-state index in [1.54, 1.807) is 0 Å². The van der Waals surface area contributed by atoms with Crippen LogP contribution in [0.1, 0.15) is 65.2 Å². The van der Waals surface area contributed by atoms with Gasteiger partial charge in [0.1, 0.15) is 0 Å². The monoisotopic (exact) mass is 240 g/mol. The molecule has 0 aromatic rings. The van der Waals surface area contributed by atoms with Gasteiger partial charge >= 0.3 is 0 Å². The van der Waals surface area contributed by atoms with Crippen molar-refractivity contribution in [2.24, 2.45) is 0 Å².